The van der Waals surface area contributed by atoms with Gasteiger partial charge in [0.15, 0.2) is 6.79 Å². The number of halogens is 1. The fourth-order valence-corrected chi connectivity index (χ4v) is 3.84. The molecular weight excluding hydrogens is 357 g/mol. The Hall–Kier alpha value is -2.44. The molecule has 0 amide bonds. The first-order valence-electron chi connectivity index (χ1n) is 9.91. The van der Waals surface area contributed by atoms with Crippen LogP contribution in [-0.4, -0.2) is 48.1 Å². The second-order valence-corrected chi connectivity index (χ2v) is 7.25. The standard InChI is InChI=1S/C22H26FN3O2/c23-18-7-8-20-21(15-18)24-25-22(20)17-9-12-26(13-10-17)11-4-14-27-16-28-19-5-2-1-3-6-19/h1-3,5-8,15,17H,4,9-14,16H2,(H,24,25). The highest BCUT2D eigenvalue weighted by atomic mass is 19.1. The number of rotatable bonds is 8. The first-order chi connectivity index (χ1) is 13.8. The van der Waals surface area contributed by atoms with Gasteiger partial charge in [-0.05, 0) is 56.6 Å². The maximum absolute atomic E-state index is 13.3. The monoisotopic (exact) mass is 383 g/mol. The highest BCUT2D eigenvalue weighted by molar-refractivity contribution is 5.81. The summed E-state index contributed by atoms with van der Waals surface area (Å²) in [6.45, 7) is 4.15. The van der Waals surface area contributed by atoms with Gasteiger partial charge in [-0.3, -0.25) is 5.10 Å². The molecule has 2 aromatic carbocycles. The van der Waals surface area contributed by atoms with Gasteiger partial charge in [-0.1, -0.05) is 18.2 Å². The molecule has 148 valence electrons. The Morgan fingerprint density at radius 1 is 1.11 bits per heavy atom. The van der Waals surface area contributed by atoms with Crippen LogP contribution in [0.5, 0.6) is 5.75 Å². The third-order valence-electron chi connectivity index (χ3n) is 5.36. The Kier molecular flexibility index (Phi) is 6.19. The molecular formula is C22H26FN3O2. The number of fused-ring (bicyclic) bond motifs is 1. The molecule has 1 N–H and O–H groups in total. The molecule has 1 fully saturated rings. The maximum atomic E-state index is 13.3. The van der Waals surface area contributed by atoms with Crippen molar-refractivity contribution in [1.82, 2.24) is 15.1 Å². The van der Waals surface area contributed by atoms with Gasteiger partial charge >= 0.3 is 0 Å². The van der Waals surface area contributed by atoms with Gasteiger partial charge in [0.05, 0.1) is 12.1 Å². The summed E-state index contributed by atoms with van der Waals surface area (Å²) in [6.07, 6.45) is 3.17. The number of hydrogen-bond donors (Lipinski definition) is 1. The van der Waals surface area contributed by atoms with Crippen molar-refractivity contribution in [2.24, 2.45) is 0 Å². The zero-order chi connectivity index (χ0) is 19.2. The summed E-state index contributed by atoms with van der Waals surface area (Å²) >= 11 is 0. The molecule has 6 heteroatoms. The van der Waals surface area contributed by atoms with Crippen LogP contribution in [0.4, 0.5) is 4.39 Å². The molecule has 3 aromatic rings. The fraction of sp³-hybridized carbons (Fsp3) is 0.409. The molecule has 1 aliphatic rings. The first-order valence-corrected chi connectivity index (χ1v) is 9.91. The van der Waals surface area contributed by atoms with Crippen LogP contribution in [0.2, 0.25) is 0 Å². The molecule has 1 aliphatic heterocycles. The molecule has 4 rings (SSSR count). The van der Waals surface area contributed by atoms with Crippen molar-refractivity contribution in [3.8, 4) is 5.75 Å². The van der Waals surface area contributed by atoms with Crippen LogP contribution in [-0.2, 0) is 4.74 Å². The van der Waals surface area contributed by atoms with E-state index in [2.05, 4.69) is 15.1 Å². The number of hydrogen-bond acceptors (Lipinski definition) is 4. The average Bonchev–Trinajstić information content (AvgIpc) is 3.15. The van der Waals surface area contributed by atoms with Crippen LogP contribution in [0.3, 0.4) is 0 Å². The summed E-state index contributed by atoms with van der Waals surface area (Å²) in [7, 11) is 0. The summed E-state index contributed by atoms with van der Waals surface area (Å²) in [4.78, 5) is 2.48. The lowest BCUT2D eigenvalue weighted by molar-refractivity contribution is 0.0106. The Balaban J connectivity index is 1.15. The normalized spacial score (nSPS) is 15.9. The predicted molar refractivity (Wildman–Crippen MR) is 107 cm³/mol. The lowest BCUT2D eigenvalue weighted by atomic mass is 9.91. The molecule has 1 aromatic heterocycles. The topological polar surface area (TPSA) is 50.4 Å². The molecule has 28 heavy (non-hydrogen) atoms. The molecule has 0 bridgehead atoms. The molecule has 0 spiro atoms. The quantitative estimate of drug-likeness (QED) is 0.465. The predicted octanol–water partition coefficient (Wildman–Crippen LogP) is 4.32. The van der Waals surface area contributed by atoms with Crippen LogP contribution in [0, 0.1) is 5.82 Å². The van der Waals surface area contributed by atoms with E-state index in [0.29, 0.717) is 24.8 Å². The fourth-order valence-electron chi connectivity index (χ4n) is 3.84. The van der Waals surface area contributed by atoms with Gasteiger partial charge < -0.3 is 14.4 Å². The van der Waals surface area contributed by atoms with Gasteiger partial charge in [-0.25, -0.2) is 4.39 Å². The number of H-pyrrole nitrogens is 1. The minimum atomic E-state index is -0.239. The van der Waals surface area contributed by atoms with E-state index < -0.39 is 0 Å². The second-order valence-electron chi connectivity index (χ2n) is 7.25. The summed E-state index contributed by atoms with van der Waals surface area (Å²) in [5.41, 5.74) is 1.86. The van der Waals surface area contributed by atoms with Gasteiger partial charge in [-0.2, -0.15) is 5.10 Å². The third kappa shape index (κ3) is 4.69. The molecule has 2 heterocycles. The first kappa shape index (κ1) is 18.9. The highest BCUT2D eigenvalue weighted by Gasteiger charge is 2.23. The number of nitrogens with zero attached hydrogens (tertiary/aromatic N) is 2. The van der Waals surface area contributed by atoms with E-state index in [-0.39, 0.29) is 5.82 Å². The molecule has 0 saturated carbocycles. The average molecular weight is 383 g/mol. The second kappa shape index (κ2) is 9.17. The van der Waals surface area contributed by atoms with Gasteiger partial charge in [0, 0.05) is 29.6 Å². The van der Waals surface area contributed by atoms with Gasteiger partial charge in [-0.15, -0.1) is 0 Å². The number of aromatic amines is 1. The van der Waals surface area contributed by atoms with E-state index in [9.17, 15) is 4.39 Å². The van der Waals surface area contributed by atoms with E-state index in [1.54, 1.807) is 0 Å². The molecule has 1 saturated heterocycles. The number of nitrogens with one attached hydrogen (secondary N) is 1. The summed E-state index contributed by atoms with van der Waals surface area (Å²) in [5, 5.41) is 8.45. The molecule has 0 atom stereocenters. The van der Waals surface area contributed by atoms with E-state index >= 15 is 0 Å². The van der Waals surface area contributed by atoms with Crippen LogP contribution in [0.25, 0.3) is 10.9 Å². The van der Waals surface area contributed by atoms with Crippen molar-refractivity contribution in [1.29, 1.82) is 0 Å². The Bertz CT molecular complexity index is 876. The SMILES string of the molecule is Fc1ccc2c(C3CCN(CCCOCOc4ccccc4)CC3)[nH]nc2c1. The summed E-state index contributed by atoms with van der Waals surface area (Å²) in [5.74, 6) is 1.05. The molecule has 0 unspecified atom stereocenters. The lowest BCUT2D eigenvalue weighted by Crippen LogP contribution is -2.34. The van der Waals surface area contributed by atoms with Gasteiger partial charge in [0.2, 0.25) is 0 Å². The number of likely N-dealkylation sites (tertiary alicyclic amines) is 1. The Morgan fingerprint density at radius 2 is 1.93 bits per heavy atom. The van der Waals surface area contributed by atoms with Crippen molar-refractivity contribution in [2.45, 2.75) is 25.2 Å². The summed E-state index contributed by atoms with van der Waals surface area (Å²) in [6, 6.07) is 14.5. The number of piperidine rings is 1. The minimum absolute atomic E-state index is 0.239. The van der Waals surface area contributed by atoms with Crippen molar-refractivity contribution < 1.29 is 13.9 Å². The number of aromatic nitrogens is 2. The lowest BCUT2D eigenvalue weighted by Gasteiger charge is -2.31. The zero-order valence-corrected chi connectivity index (χ0v) is 15.9. The van der Waals surface area contributed by atoms with Crippen molar-refractivity contribution >= 4 is 10.9 Å². The number of benzene rings is 2. The van der Waals surface area contributed by atoms with E-state index in [4.69, 9.17) is 9.47 Å². The van der Waals surface area contributed by atoms with Crippen LogP contribution in [0.15, 0.2) is 48.5 Å². The van der Waals surface area contributed by atoms with Crippen molar-refractivity contribution in [3.05, 3.63) is 60.0 Å². The van der Waals surface area contributed by atoms with E-state index in [0.717, 1.165) is 55.7 Å². The maximum Gasteiger partial charge on any atom is 0.189 e. The smallest absolute Gasteiger partial charge is 0.189 e. The van der Waals surface area contributed by atoms with Gasteiger partial charge in [0.1, 0.15) is 11.6 Å². The van der Waals surface area contributed by atoms with Crippen molar-refractivity contribution in [3.63, 3.8) is 0 Å². The van der Waals surface area contributed by atoms with E-state index in [1.807, 2.05) is 36.4 Å². The van der Waals surface area contributed by atoms with Gasteiger partial charge in [0.25, 0.3) is 0 Å². The number of ether oxygens (including phenoxy) is 2. The minimum Gasteiger partial charge on any atom is -0.468 e. The molecule has 0 radical (unpaired) electrons. The van der Waals surface area contributed by atoms with Crippen LogP contribution in [0.1, 0.15) is 30.9 Å². The third-order valence-corrected chi connectivity index (χ3v) is 5.36. The Labute approximate surface area is 164 Å². The molecule has 5 nitrogen and oxygen atoms in total. The van der Waals surface area contributed by atoms with Crippen molar-refractivity contribution in [2.75, 3.05) is 33.0 Å². The zero-order valence-electron chi connectivity index (χ0n) is 15.9. The number of para-hydroxylation sites is 1. The van der Waals surface area contributed by atoms with Crippen LogP contribution < -0.4 is 4.74 Å². The highest BCUT2D eigenvalue weighted by Crippen LogP contribution is 2.31. The summed E-state index contributed by atoms with van der Waals surface area (Å²) < 4.78 is 24.4. The molecule has 0 aliphatic carbocycles. The van der Waals surface area contributed by atoms with E-state index in [1.165, 1.54) is 12.1 Å². The Morgan fingerprint density at radius 3 is 2.75 bits per heavy atom. The largest absolute Gasteiger partial charge is 0.468 e. The van der Waals surface area contributed by atoms with Crippen LogP contribution >= 0.6 is 0 Å².